The second-order valence-electron chi connectivity index (χ2n) is 12.0. The summed E-state index contributed by atoms with van der Waals surface area (Å²) in [6.45, 7) is 2.83. The smallest absolute Gasteiger partial charge is 0.338 e. The number of aliphatic hydroxyl groups excluding tert-OH is 1. The van der Waals surface area contributed by atoms with Gasteiger partial charge >= 0.3 is 11.9 Å². The van der Waals surface area contributed by atoms with Crippen LogP contribution in [0.3, 0.4) is 0 Å². The summed E-state index contributed by atoms with van der Waals surface area (Å²) in [4.78, 5) is 23.5. The molecule has 0 atom stereocenters. The molecule has 1 saturated carbocycles. The van der Waals surface area contributed by atoms with E-state index in [2.05, 4.69) is 6.92 Å². The molecule has 0 unspecified atom stereocenters. The third kappa shape index (κ3) is 18.6. The highest BCUT2D eigenvalue weighted by atomic mass is 16.5. The Morgan fingerprint density at radius 2 is 0.977 bits per heavy atom. The molecule has 0 heterocycles. The molecule has 1 aliphatic carbocycles. The van der Waals surface area contributed by atoms with Gasteiger partial charge in [0.05, 0.1) is 23.8 Å². The minimum atomic E-state index is -0.262. The highest BCUT2D eigenvalue weighted by molar-refractivity contribution is 5.89. The van der Waals surface area contributed by atoms with E-state index in [-0.39, 0.29) is 24.1 Å². The molecule has 3 rings (SSSR count). The fourth-order valence-corrected chi connectivity index (χ4v) is 5.43. The average Bonchev–Trinajstić information content (AvgIpc) is 3.04. The Bertz CT molecular complexity index is 937. The number of esters is 2. The molecule has 2 aromatic rings. The lowest BCUT2D eigenvalue weighted by Crippen LogP contribution is -2.26. The number of aliphatic hydroxyl groups is 1. The van der Waals surface area contributed by atoms with Crippen molar-refractivity contribution < 1.29 is 24.2 Å². The number of benzene rings is 2. The first-order valence-electron chi connectivity index (χ1n) is 17.3. The monoisotopic (exact) mass is 594 g/mol. The number of hydrogen-bond acceptors (Lipinski definition) is 5. The maximum absolute atomic E-state index is 11.8. The first kappa shape index (κ1) is 36.5. The molecule has 0 amide bonds. The summed E-state index contributed by atoms with van der Waals surface area (Å²) in [5.74, 6) is -0.460. The van der Waals surface area contributed by atoms with Gasteiger partial charge in [0.2, 0.25) is 0 Å². The maximum atomic E-state index is 11.8. The first-order valence-corrected chi connectivity index (χ1v) is 17.3. The van der Waals surface area contributed by atoms with E-state index in [9.17, 15) is 14.7 Å². The molecule has 1 fully saturated rings. The fourth-order valence-electron chi connectivity index (χ4n) is 5.43. The molecule has 0 bridgehead atoms. The van der Waals surface area contributed by atoms with Gasteiger partial charge in [0, 0.05) is 0 Å². The number of rotatable bonds is 20. The quantitative estimate of drug-likeness (QED) is 0.122. The highest BCUT2D eigenvalue weighted by Crippen LogP contribution is 2.22. The lowest BCUT2D eigenvalue weighted by Gasteiger charge is -2.25. The van der Waals surface area contributed by atoms with E-state index in [1.165, 1.54) is 96.3 Å². The summed E-state index contributed by atoms with van der Waals surface area (Å²) >= 11 is 0. The van der Waals surface area contributed by atoms with Crippen molar-refractivity contribution in [3.8, 4) is 0 Å². The van der Waals surface area contributed by atoms with Crippen LogP contribution in [-0.2, 0) is 9.47 Å². The third-order valence-corrected chi connectivity index (χ3v) is 8.17. The summed E-state index contributed by atoms with van der Waals surface area (Å²) in [5, 5.41) is 9.34. The Hall–Kier alpha value is -2.66. The van der Waals surface area contributed by atoms with Gasteiger partial charge in [-0.05, 0) is 56.4 Å². The van der Waals surface area contributed by atoms with Gasteiger partial charge in [-0.15, -0.1) is 0 Å². The molecule has 1 aliphatic rings. The molecule has 240 valence electrons. The Balaban J connectivity index is 0.000000340. The zero-order valence-electron chi connectivity index (χ0n) is 26.9. The summed E-state index contributed by atoms with van der Waals surface area (Å²) < 4.78 is 10.7. The molecule has 1 N–H and O–H groups in total. The Morgan fingerprint density at radius 3 is 1.42 bits per heavy atom. The molecule has 5 nitrogen and oxygen atoms in total. The van der Waals surface area contributed by atoms with E-state index in [1.54, 1.807) is 24.3 Å². The van der Waals surface area contributed by atoms with Crippen molar-refractivity contribution >= 4 is 11.9 Å². The van der Waals surface area contributed by atoms with Gasteiger partial charge in [-0.25, -0.2) is 9.59 Å². The van der Waals surface area contributed by atoms with Crippen LogP contribution in [0.4, 0.5) is 0 Å². The van der Waals surface area contributed by atoms with Gasteiger partial charge in [0.15, 0.2) is 0 Å². The summed E-state index contributed by atoms with van der Waals surface area (Å²) in [7, 11) is 0. The van der Waals surface area contributed by atoms with Crippen LogP contribution in [0, 0.1) is 0 Å². The SMILES string of the molecule is CCCCCCCCCCCCCCCCCCOC(=O)c1ccccc1.O=C(OC1CCC(O)CC1)c1ccccc1. The van der Waals surface area contributed by atoms with Crippen LogP contribution in [0.25, 0.3) is 0 Å². The van der Waals surface area contributed by atoms with Crippen molar-refractivity contribution in [2.24, 2.45) is 0 Å². The lowest BCUT2D eigenvalue weighted by atomic mass is 9.95. The zero-order valence-corrected chi connectivity index (χ0v) is 26.9. The second-order valence-corrected chi connectivity index (χ2v) is 12.0. The largest absolute Gasteiger partial charge is 0.462 e. The molecule has 0 radical (unpaired) electrons. The Morgan fingerprint density at radius 1 is 0.581 bits per heavy atom. The number of carbonyl (C=O) groups excluding carboxylic acids is 2. The highest BCUT2D eigenvalue weighted by Gasteiger charge is 2.22. The predicted molar refractivity (Wildman–Crippen MR) is 176 cm³/mol. The van der Waals surface area contributed by atoms with Gasteiger partial charge in [-0.2, -0.15) is 0 Å². The first-order chi connectivity index (χ1) is 21.1. The van der Waals surface area contributed by atoms with Crippen molar-refractivity contribution in [1.29, 1.82) is 0 Å². The van der Waals surface area contributed by atoms with Crippen LogP contribution in [0.5, 0.6) is 0 Å². The van der Waals surface area contributed by atoms with Crippen molar-refractivity contribution in [1.82, 2.24) is 0 Å². The molecule has 43 heavy (non-hydrogen) atoms. The van der Waals surface area contributed by atoms with E-state index in [4.69, 9.17) is 9.47 Å². The number of hydrogen-bond donors (Lipinski definition) is 1. The third-order valence-electron chi connectivity index (χ3n) is 8.17. The zero-order chi connectivity index (χ0) is 30.8. The topological polar surface area (TPSA) is 72.8 Å². The molecule has 0 saturated heterocycles. The number of carbonyl (C=O) groups is 2. The predicted octanol–water partition coefficient (Wildman–Crippen LogP) is 10.3. The van der Waals surface area contributed by atoms with Crippen molar-refractivity contribution in [3.63, 3.8) is 0 Å². The molecular formula is C38H58O5. The Kier molecular flexibility index (Phi) is 21.0. The van der Waals surface area contributed by atoms with Crippen molar-refractivity contribution in [2.75, 3.05) is 6.61 Å². The van der Waals surface area contributed by atoms with Gasteiger partial charge in [0.25, 0.3) is 0 Å². The molecule has 5 heteroatoms. The summed E-state index contributed by atoms with van der Waals surface area (Å²) in [5.41, 5.74) is 1.24. The fraction of sp³-hybridized carbons (Fsp3) is 0.632. The van der Waals surface area contributed by atoms with E-state index in [0.717, 1.165) is 32.1 Å². The van der Waals surface area contributed by atoms with Gasteiger partial charge in [0.1, 0.15) is 6.10 Å². The van der Waals surface area contributed by atoms with Gasteiger partial charge < -0.3 is 14.6 Å². The van der Waals surface area contributed by atoms with Crippen LogP contribution in [-0.4, -0.2) is 35.9 Å². The van der Waals surface area contributed by atoms with E-state index < -0.39 is 0 Å². The standard InChI is InChI=1S/C25H42O2.C13H16O3/c1-2-3-4-5-6-7-8-9-10-11-12-13-14-15-16-20-23-27-25(26)24-21-18-17-19-22-24;14-11-6-8-12(9-7-11)16-13(15)10-4-2-1-3-5-10/h17-19,21-22H,2-16,20,23H2,1H3;1-5,11-12,14H,6-9H2. The molecule has 2 aromatic carbocycles. The minimum absolute atomic E-state index is 0.0314. The van der Waals surface area contributed by atoms with Crippen molar-refractivity contribution in [3.05, 3.63) is 71.8 Å². The van der Waals surface area contributed by atoms with E-state index >= 15 is 0 Å². The summed E-state index contributed by atoms with van der Waals surface area (Å²) in [6, 6.07) is 18.3. The number of unbranched alkanes of at least 4 members (excludes halogenated alkanes) is 15. The van der Waals surface area contributed by atoms with E-state index in [0.29, 0.717) is 17.7 Å². The second kappa shape index (κ2) is 24.7. The van der Waals surface area contributed by atoms with E-state index in [1.807, 2.05) is 36.4 Å². The lowest BCUT2D eigenvalue weighted by molar-refractivity contribution is 0.00459. The van der Waals surface area contributed by atoms with Crippen molar-refractivity contribution in [2.45, 2.75) is 148 Å². The molecule has 0 spiro atoms. The molecular weight excluding hydrogens is 536 g/mol. The minimum Gasteiger partial charge on any atom is -0.462 e. The van der Waals surface area contributed by atoms with Crippen LogP contribution in [0.2, 0.25) is 0 Å². The number of ether oxygens (including phenoxy) is 2. The average molecular weight is 595 g/mol. The van der Waals surface area contributed by atoms with Crippen LogP contribution >= 0.6 is 0 Å². The van der Waals surface area contributed by atoms with Gasteiger partial charge in [-0.1, -0.05) is 140 Å². The Labute approximate surface area is 261 Å². The molecule has 0 aliphatic heterocycles. The summed E-state index contributed by atoms with van der Waals surface area (Å²) in [6.07, 6.45) is 24.5. The normalized spacial score (nSPS) is 16.1. The molecule has 0 aromatic heterocycles. The van der Waals surface area contributed by atoms with Crippen LogP contribution < -0.4 is 0 Å². The maximum Gasteiger partial charge on any atom is 0.338 e. The van der Waals surface area contributed by atoms with Gasteiger partial charge in [-0.3, -0.25) is 0 Å². The van der Waals surface area contributed by atoms with Crippen LogP contribution in [0.15, 0.2) is 60.7 Å². The van der Waals surface area contributed by atoms with Crippen LogP contribution in [0.1, 0.15) is 156 Å².